The van der Waals surface area contributed by atoms with Gasteiger partial charge < -0.3 is 5.11 Å². The second-order valence-electron chi connectivity index (χ2n) is 2.65. The highest BCUT2D eigenvalue weighted by molar-refractivity contribution is 6.03. The Hall–Kier alpha value is -1.55. The lowest BCUT2D eigenvalue weighted by atomic mass is 10.1. The van der Waals surface area contributed by atoms with Crippen LogP contribution in [0.25, 0.3) is 0 Å². The molecule has 0 amide bonds. The van der Waals surface area contributed by atoms with Crippen molar-refractivity contribution >= 4 is 11.5 Å². The van der Waals surface area contributed by atoms with Crippen LogP contribution in [0.15, 0.2) is 29.4 Å². The number of aliphatic hydroxyl groups excluding tert-OH is 1. The third-order valence-corrected chi connectivity index (χ3v) is 1.65. The fourth-order valence-electron chi connectivity index (χ4n) is 0.987. The van der Waals surface area contributed by atoms with E-state index >= 15 is 0 Å². The van der Waals surface area contributed by atoms with Crippen LogP contribution in [-0.2, 0) is 0 Å². The van der Waals surface area contributed by atoms with Crippen LogP contribution in [0.2, 0.25) is 0 Å². The molecule has 13 heavy (non-hydrogen) atoms. The van der Waals surface area contributed by atoms with Gasteiger partial charge in [-0.3, -0.25) is 4.79 Å². The summed E-state index contributed by atoms with van der Waals surface area (Å²) in [6, 6.07) is 6.12. The average Bonchev–Trinajstić information content (AvgIpc) is 2.16. The number of nitrogens with zero attached hydrogens (tertiary/aromatic N) is 1. The van der Waals surface area contributed by atoms with Crippen molar-refractivity contribution in [2.45, 2.75) is 13.0 Å². The number of aliphatic hydroxyl groups is 1. The second kappa shape index (κ2) is 3.91. The molecule has 1 rings (SSSR count). The summed E-state index contributed by atoms with van der Waals surface area (Å²) in [6.45, 7) is 1.35. The summed E-state index contributed by atoms with van der Waals surface area (Å²) in [5, 5.41) is 11.7. The van der Waals surface area contributed by atoms with Gasteiger partial charge in [0.15, 0.2) is 5.78 Å². The fraction of sp³-hybridized carbons (Fsp3) is 0.222. The topological polar surface area (TPSA) is 66.7 Å². The highest BCUT2D eigenvalue weighted by atomic mass is 16.3. The van der Waals surface area contributed by atoms with E-state index in [4.69, 9.17) is 5.11 Å². The van der Waals surface area contributed by atoms with Crippen LogP contribution in [0.4, 0.5) is 5.69 Å². The molecule has 4 nitrogen and oxygen atoms in total. The molecule has 0 saturated carbocycles. The zero-order valence-electron chi connectivity index (χ0n) is 7.10. The van der Waals surface area contributed by atoms with Gasteiger partial charge in [0.05, 0.1) is 0 Å². The van der Waals surface area contributed by atoms with Gasteiger partial charge in [0.2, 0.25) is 0 Å². The lowest BCUT2D eigenvalue weighted by Gasteiger charge is -2.03. The molecule has 1 unspecified atom stereocenters. The zero-order chi connectivity index (χ0) is 9.84. The van der Waals surface area contributed by atoms with Gasteiger partial charge in [0.25, 0.3) is 0 Å². The van der Waals surface area contributed by atoms with Gasteiger partial charge in [-0.25, -0.2) is 0 Å². The smallest absolute Gasteiger partial charge is 0.193 e. The van der Waals surface area contributed by atoms with Crippen molar-refractivity contribution in [1.82, 2.24) is 0 Å². The highest BCUT2D eigenvalue weighted by Gasteiger charge is 2.15. The summed E-state index contributed by atoms with van der Waals surface area (Å²) in [5.74, 6) is -0.491. The Morgan fingerprint density at radius 1 is 1.46 bits per heavy atom. The van der Waals surface area contributed by atoms with Gasteiger partial charge in [-0.05, 0) is 24.2 Å². The fourth-order valence-corrected chi connectivity index (χ4v) is 0.987. The van der Waals surface area contributed by atoms with Crippen LogP contribution in [-0.4, -0.2) is 17.0 Å². The summed E-state index contributed by atoms with van der Waals surface area (Å²) in [7, 11) is 0. The minimum absolute atomic E-state index is 0.0633. The van der Waals surface area contributed by atoms with E-state index in [9.17, 15) is 9.70 Å². The molecule has 1 atom stereocenters. The van der Waals surface area contributed by atoms with Crippen molar-refractivity contribution < 1.29 is 9.90 Å². The molecule has 0 bridgehead atoms. The van der Waals surface area contributed by atoms with Crippen LogP contribution in [0.5, 0.6) is 0 Å². The van der Waals surface area contributed by atoms with Crippen molar-refractivity contribution in [2.24, 2.45) is 5.18 Å². The van der Waals surface area contributed by atoms with Crippen LogP contribution in [0.1, 0.15) is 17.3 Å². The maximum atomic E-state index is 11.3. The first-order chi connectivity index (χ1) is 6.16. The summed E-state index contributed by atoms with van der Waals surface area (Å²) in [6.07, 6.45) is -1.11. The second-order valence-corrected chi connectivity index (χ2v) is 2.65. The predicted octanol–water partition coefficient (Wildman–Crippen LogP) is 1.65. The maximum Gasteiger partial charge on any atom is 0.193 e. The SMILES string of the molecule is CC(O)C(=O)c1ccccc1N=O. The van der Waals surface area contributed by atoms with Gasteiger partial charge in [-0.2, -0.15) is 0 Å². The zero-order valence-corrected chi connectivity index (χ0v) is 7.10. The predicted molar refractivity (Wildman–Crippen MR) is 47.9 cm³/mol. The van der Waals surface area contributed by atoms with Gasteiger partial charge in [0, 0.05) is 5.56 Å². The molecule has 1 aromatic carbocycles. The standard InChI is InChI=1S/C9H9NO3/c1-6(11)9(12)7-4-2-3-5-8(7)10-13/h2-6,11H,1H3. The van der Waals surface area contributed by atoms with E-state index in [1.54, 1.807) is 12.1 Å². The molecule has 1 aromatic rings. The van der Waals surface area contributed by atoms with Gasteiger partial charge in [-0.1, -0.05) is 12.1 Å². The quantitative estimate of drug-likeness (QED) is 0.566. The minimum Gasteiger partial charge on any atom is -0.385 e. The lowest BCUT2D eigenvalue weighted by molar-refractivity contribution is 0.0780. The first-order valence-corrected chi connectivity index (χ1v) is 3.81. The van der Waals surface area contributed by atoms with Gasteiger partial charge in [0.1, 0.15) is 11.8 Å². The third-order valence-electron chi connectivity index (χ3n) is 1.65. The average molecular weight is 179 g/mol. The molecule has 0 spiro atoms. The summed E-state index contributed by atoms with van der Waals surface area (Å²) in [4.78, 5) is 21.5. The molecule has 4 heteroatoms. The van der Waals surface area contributed by atoms with Crippen LogP contribution < -0.4 is 0 Å². The number of carbonyl (C=O) groups is 1. The van der Waals surface area contributed by atoms with E-state index in [2.05, 4.69) is 5.18 Å². The first kappa shape index (κ1) is 9.54. The van der Waals surface area contributed by atoms with Crippen molar-refractivity contribution in [3.63, 3.8) is 0 Å². The molecule has 0 aromatic heterocycles. The van der Waals surface area contributed by atoms with E-state index in [-0.39, 0.29) is 11.3 Å². The lowest BCUT2D eigenvalue weighted by Crippen LogP contribution is -2.15. The monoisotopic (exact) mass is 179 g/mol. The number of rotatable bonds is 3. The van der Waals surface area contributed by atoms with Crippen LogP contribution >= 0.6 is 0 Å². The Balaban J connectivity index is 3.13. The van der Waals surface area contributed by atoms with Crippen molar-refractivity contribution in [3.05, 3.63) is 34.7 Å². The molecule has 0 radical (unpaired) electrons. The summed E-state index contributed by atoms with van der Waals surface area (Å²) < 4.78 is 0. The molecular weight excluding hydrogens is 170 g/mol. The number of ketones is 1. The normalized spacial score (nSPS) is 12.2. The first-order valence-electron chi connectivity index (χ1n) is 3.81. The maximum absolute atomic E-state index is 11.3. The largest absolute Gasteiger partial charge is 0.385 e. The number of benzene rings is 1. The summed E-state index contributed by atoms with van der Waals surface area (Å²) in [5.41, 5.74) is 0.223. The molecule has 0 aliphatic heterocycles. The van der Waals surface area contributed by atoms with E-state index in [1.165, 1.54) is 19.1 Å². The number of Topliss-reactive ketones (excluding diaryl/α,β-unsaturated/α-hetero) is 1. The Morgan fingerprint density at radius 2 is 2.08 bits per heavy atom. The number of hydrogen-bond acceptors (Lipinski definition) is 4. The van der Waals surface area contributed by atoms with E-state index in [1.807, 2.05) is 0 Å². The van der Waals surface area contributed by atoms with Crippen LogP contribution in [0.3, 0.4) is 0 Å². The Kier molecular flexibility index (Phi) is 2.87. The van der Waals surface area contributed by atoms with Gasteiger partial charge >= 0.3 is 0 Å². The summed E-state index contributed by atoms with van der Waals surface area (Å²) >= 11 is 0. The van der Waals surface area contributed by atoms with E-state index in [0.29, 0.717) is 0 Å². The van der Waals surface area contributed by atoms with E-state index < -0.39 is 11.9 Å². The molecule has 1 N–H and O–H groups in total. The minimum atomic E-state index is -1.11. The van der Waals surface area contributed by atoms with Crippen LogP contribution in [0, 0.1) is 4.91 Å². The van der Waals surface area contributed by atoms with Crippen molar-refractivity contribution in [3.8, 4) is 0 Å². The number of hydrogen-bond donors (Lipinski definition) is 1. The molecule has 0 aliphatic rings. The van der Waals surface area contributed by atoms with Crippen molar-refractivity contribution in [2.75, 3.05) is 0 Å². The third kappa shape index (κ3) is 1.97. The van der Waals surface area contributed by atoms with Crippen molar-refractivity contribution in [1.29, 1.82) is 0 Å². The Morgan fingerprint density at radius 3 is 2.62 bits per heavy atom. The molecule has 0 fully saturated rings. The Labute approximate surface area is 75.2 Å². The molecule has 0 saturated heterocycles. The molecule has 0 heterocycles. The van der Waals surface area contributed by atoms with E-state index in [0.717, 1.165) is 0 Å². The Bertz CT molecular complexity index is 333. The molecule has 0 aliphatic carbocycles. The number of nitroso groups, excluding NO2 is 1. The van der Waals surface area contributed by atoms with Gasteiger partial charge in [-0.15, -0.1) is 4.91 Å². The number of carbonyl (C=O) groups excluding carboxylic acids is 1. The molecule has 68 valence electrons. The highest BCUT2D eigenvalue weighted by Crippen LogP contribution is 2.19. The molecular formula is C9H9NO3.